The molecule has 1 atom stereocenters. The molecular formula is C11H20N2OS. The molecule has 0 aliphatic heterocycles. The van der Waals surface area contributed by atoms with Crippen molar-refractivity contribution in [1.82, 2.24) is 10.3 Å². The minimum atomic E-state index is 0.253. The van der Waals surface area contributed by atoms with Crippen LogP contribution >= 0.6 is 11.8 Å². The van der Waals surface area contributed by atoms with Crippen LogP contribution in [-0.2, 0) is 0 Å². The molecule has 0 amide bonds. The van der Waals surface area contributed by atoms with E-state index < -0.39 is 0 Å². The molecule has 15 heavy (non-hydrogen) atoms. The Bertz CT molecular complexity index is 304. The Morgan fingerprint density at radius 2 is 2.20 bits per heavy atom. The molecule has 0 aliphatic carbocycles. The molecule has 0 bridgehead atoms. The van der Waals surface area contributed by atoms with Gasteiger partial charge in [0.05, 0.1) is 5.69 Å². The topological polar surface area (TPSA) is 38.1 Å². The van der Waals surface area contributed by atoms with Gasteiger partial charge >= 0.3 is 0 Å². The molecule has 0 saturated carbocycles. The molecule has 0 saturated heterocycles. The summed E-state index contributed by atoms with van der Waals surface area (Å²) in [5.74, 6) is 0.972. The molecule has 1 rings (SSSR count). The molecular weight excluding hydrogens is 208 g/mol. The zero-order valence-corrected chi connectivity index (χ0v) is 10.9. The van der Waals surface area contributed by atoms with Crippen molar-refractivity contribution in [2.75, 3.05) is 12.8 Å². The van der Waals surface area contributed by atoms with E-state index in [9.17, 15) is 0 Å². The smallest absolute Gasteiger partial charge is 0.255 e. The summed E-state index contributed by atoms with van der Waals surface area (Å²) in [5.41, 5.74) is 1.19. The van der Waals surface area contributed by atoms with E-state index in [1.807, 2.05) is 14.0 Å². The number of thioether (sulfide) groups is 1. The Morgan fingerprint density at radius 1 is 1.53 bits per heavy atom. The number of nitrogens with one attached hydrogen (secondary N) is 1. The van der Waals surface area contributed by atoms with Crippen molar-refractivity contribution < 1.29 is 4.42 Å². The molecule has 0 aliphatic rings. The zero-order chi connectivity index (χ0) is 11.5. The van der Waals surface area contributed by atoms with Gasteiger partial charge in [-0.05, 0) is 19.4 Å². The molecule has 3 nitrogen and oxygen atoms in total. The van der Waals surface area contributed by atoms with Crippen LogP contribution in [0.4, 0.5) is 0 Å². The third-order valence-corrected chi connectivity index (χ3v) is 3.30. The van der Waals surface area contributed by atoms with Crippen LogP contribution < -0.4 is 5.32 Å². The Balaban J connectivity index is 2.48. The number of aromatic nitrogens is 1. The fourth-order valence-corrected chi connectivity index (χ4v) is 2.62. The maximum atomic E-state index is 5.30. The summed E-state index contributed by atoms with van der Waals surface area (Å²) in [7, 11) is 2.00. The van der Waals surface area contributed by atoms with E-state index in [4.69, 9.17) is 4.42 Å². The van der Waals surface area contributed by atoms with Crippen LogP contribution in [0.15, 0.2) is 15.9 Å². The molecule has 1 aromatic heterocycles. The maximum Gasteiger partial charge on any atom is 0.255 e. The second-order valence-corrected chi connectivity index (χ2v) is 5.74. The van der Waals surface area contributed by atoms with Crippen molar-refractivity contribution in [3.63, 3.8) is 0 Å². The first-order chi connectivity index (χ1) is 6.93. The SMILES string of the molecule is CNC(CSc1nc(C)co1)C(C)(C)C. The van der Waals surface area contributed by atoms with Crippen molar-refractivity contribution in [3.05, 3.63) is 12.0 Å². The highest BCUT2D eigenvalue weighted by molar-refractivity contribution is 7.99. The van der Waals surface area contributed by atoms with Crippen LogP contribution in [0.5, 0.6) is 0 Å². The fraction of sp³-hybridized carbons (Fsp3) is 0.727. The van der Waals surface area contributed by atoms with Gasteiger partial charge in [-0.1, -0.05) is 32.5 Å². The van der Waals surface area contributed by atoms with Gasteiger partial charge in [0.1, 0.15) is 6.26 Å². The van der Waals surface area contributed by atoms with Crippen molar-refractivity contribution in [3.8, 4) is 0 Å². The number of rotatable bonds is 4. The van der Waals surface area contributed by atoms with Gasteiger partial charge in [0, 0.05) is 11.8 Å². The van der Waals surface area contributed by atoms with E-state index >= 15 is 0 Å². The van der Waals surface area contributed by atoms with E-state index in [1.165, 1.54) is 0 Å². The first-order valence-corrected chi connectivity index (χ1v) is 6.14. The van der Waals surface area contributed by atoms with E-state index in [2.05, 4.69) is 31.1 Å². The molecule has 1 aromatic rings. The van der Waals surface area contributed by atoms with Crippen molar-refractivity contribution in [2.24, 2.45) is 5.41 Å². The Morgan fingerprint density at radius 3 is 2.60 bits per heavy atom. The molecule has 0 fully saturated rings. The Hall–Kier alpha value is -0.480. The molecule has 1 N–H and O–H groups in total. The Labute approximate surface area is 96.0 Å². The molecule has 0 radical (unpaired) electrons. The maximum absolute atomic E-state index is 5.30. The lowest BCUT2D eigenvalue weighted by Crippen LogP contribution is -2.40. The summed E-state index contributed by atoms with van der Waals surface area (Å²) >= 11 is 1.66. The van der Waals surface area contributed by atoms with Crippen LogP contribution in [0, 0.1) is 12.3 Å². The predicted octanol–water partition coefficient (Wildman–Crippen LogP) is 2.71. The van der Waals surface area contributed by atoms with Crippen LogP contribution in [-0.4, -0.2) is 23.8 Å². The van der Waals surface area contributed by atoms with Gasteiger partial charge in [-0.3, -0.25) is 0 Å². The number of oxazole rings is 1. The highest BCUT2D eigenvalue weighted by Gasteiger charge is 2.23. The van der Waals surface area contributed by atoms with E-state index in [0.717, 1.165) is 16.7 Å². The lowest BCUT2D eigenvalue weighted by Gasteiger charge is -2.29. The summed E-state index contributed by atoms with van der Waals surface area (Å²) in [6, 6.07) is 0.453. The normalized spacial score (nSPS) is 14.2. The van der Waals surface area contributed by atoms with Gasteiger partial charge in [-0.25, -0.2) is 4.98 Å². The van der Waals surface area contributed by atoms with E-state index in [-0.39, 0.29) is 5.41 Å². The predicted molar refractivity (Wildman–Crippen MR) is 64.3 cm³/mol. The van der Waals surface area contributed by atoms with E-state index in [1.54, 1.807) is 18.0 Å². The number of hydrogen-bond donors (Lipinski definition) is 1. The third-order valence-electron chi connectivity index (χ3n) is 2.37. The summed E-state index contributed by atoms with van der Waals surface area (Å²) in [6.45, 7) is 8.63. The number of hydrogen-bond acceptors (Lipinski definition) is 4. The second-order valence-electron chi connectivity index (χ2n) is 4.77. The number of nitrogens with zero attached hydrogens (tertiary/aromatic N) is 1. The first-order valence-electron chi connectivity index (χ1n) is 5.15. The summed E-state index contributed by atoms with van der Waals surface area (Å²) in [6.07, 6.45) is 1.69. The highest BCUT2D eigenvalue weighted by Crippen LogP contribution is 2.25. The standard InChI is InChI=1S/C11H20N2OS/c1-8-6-14-10(13-8)15-7-9(12-5)11(2,3)4/h6,9,12H,7H2,1-5H3. The van der Waals surface area contributed by atoms with Crippen molar-refractivity contribution in [2.45, 2.75) is 39.0 Å². The van der Waals surface area contributed by atoms with Gasteiger partial charge in [-0.2, -0.15) is 0 Å². The van der Waals surface area contributed by atoms with Crippen LogP contribution in [0.3, 0.4) is 0 Å². The average molecular weight is 228 g/mol. The molecule has 0 aromatic carbocycles. The summed E-state index contributed by atoms with van der Waals surface area (Å²) < 4.78 is 5.30. The molecule has 4 heteroatoms. The molecule has 86 valence electrons. The monoisotopic (exact) mass is 228 g/mol. The fourth-order valence-electron chi connectivity index (χ4n) is 1.32. The van der Waals surface area contributed by atoms with Crippen molar-refractivity contribution >= 4 is 11.8 Å². The first kappa shape index (κ1) is 12.6. The van der Waals surface area contributed by atoms with Crippen LogP contribution in [0.2, 0.25) is 0 Å². The Kier molecular flexibility index (Phi) is 4.22. The summed E-state index contributed by atoms with van der Waals surface area (Å²) in [4.78, 5) is 4.27. The zero-order valence-electron chi connectivity index (χ0n) is 10.1. The number of aryl methyl sites for hydroxylation is 1. The minimum Gasteiger partial charge on any atom is -0.440 e. The summed E-state index contributed by atoms with van der Waals surface area (Å²) in [5, 5.41) is 4.09. The van der Waals surface area contributed by atoms with Gasteiger partial charge in [-0.15, -0.1) is 0 Å². The van der Waals surface area contributed by atoms with Gasteiger partial charge in [0.15, 0.2) is 0 Å². The minimum absolute atomic E-state index is 0.253. The van der Waals surface area contributed by atoms with Crippen LogP contribution in [0.25, 0.3) is 0 Å². The quantitative estimate of drug-likeness (QED) is 0.804. The van der Waals surface area contributed by atoms with Crippen LogP contribution in [0.1, 0.15) is 26.5 Å². The third kappa shape index (κ3) is 3.87. The van der Waals surface area contributed by atoms with E-state index in [0.29, 0.717) is 6.04 Å². The largest absolute Gasteiger partial charge is 0.440 e. The van der Waals surface area contributed by atoms with Gasteiger partial charge < -0.3 is 9.73 Å². The lowest BCUT2D eigenvalue weighted by molar-refractivity contribution is 0.305. The van der Waals surface area contributed by atoms with Gasteiger partial charge in [0.2, 0.25) is 0 Å². The average Bonchev–Trinajstić information content (AvgIpc) is 2.50. The van der Waals surface area contributed by atoms with Crippen molar-refractivity contribution in [1.29, 1.82) is 0 Å². The molecule has 0 spiro atoms. The highest BCUT2D eigenvalue weighted by atomic mass is 32.2. The van der Waals surface area contributed by atoms with Gasteiger partial charge in [0.25, 0.3) is 5.22 Å². The molecule has 1 unspecified atom stereocenters. The lowest BCUT2D eigenvalue weighted by atomic mass is 9.88. The molecule has 1 heterocycles. The second kappa shape index (κ2) is 5.03.